The first-order valence-corrected chi connectivity index (χ1v) is 8.00. The third-order valence-corrected chi connectivity index (χ3v) is 3.68. The number of esters is 1. The van der Waals surface area contributed by atoms with Gasteiger partial charge in [-0.25, -0.2) is 9.18 Å². The molecular formula is C18H14Cl2FNO3. The van der Waals surface area contributed by atoms with Crippen molar-refractivity contribution < 1.29 is 18.7 Å². The number of hydrogen-bond acceptors (Lipinski definition) is 3. The molecule has 0 aliphatic carbocycles. The van der Waals surface area contributed by atoms with E-state index in [9.17, 15) is 14.0 Å². The largest absolute Gasteiger partial charge is 0.452 e. The van der Waals surface area contributed by atoms with Gasteiger partial charge in [0.1, 0.15) is 5.82 Å². The zero-order valence-electron chi connectivity index (χ0n) is 13.0. The Balaban J connectivity index is 1.76. The Morgan fingerprint density at radius 2 is 1.96 bits per heavy atom. The van der Waals surface area contributed by atoms with Gasteiger partial charge in [0.25, 0.3) is 5.91 Å². The van der Waals surface area contributed by atoms with Gasteiger partial charge in [0.05, 0.1) is 0 Å². The Bertz CT molecular complexity index is 809. The molecule has 0 spiro atoms. The van der Waals surface area contributed by atoms with E-state index in [0.29, 0.717) is 21.2 Å². The lowest BCUT2D eigenvalue weighted by Gasteiger charge is -2.07. The van der Waals surface area contributed by atoms with Crippen LogP contribution in [-0.4, -0.2) is 18.5 Å². The minimum absolute atomic E-state index is 0.186. The monoisotopic (exact) mass is 381 g/mol. The highest BCUT2D eigenvalue weighted by Crippen LogP contribution is 2.20. The molecule has 0 bridgehead atoms. The Labute approximate surface area is 154 Å². The summed E-state index contributed by atoms with van der Waals surface area (Å²) < 4.78 is 17.8. The Morgan fingerprint density at radius 1 is 1.16 bits per heavy atom. The summed E-state index contributed by atoms with van der Waals surface area (Å²) in [7, 11) is 0. The van der Waals surface area contributed by atoms with E-state index in [1.54, 1.807) is 24.3 Å². The van der Waals surface area contributed by atoms with Crippen LogP contribution >= 0.6 is 23.2 Å². The lowest BCUT2D eigenvalue weighted by Crippen LogP contribution is -2.28. The van der Waals surface area contributed by atoms with Gasteiger partial charge in [-0.2, -0.15) is 0 Å². The average molecular weight is 382 g/mol. The molecular weight excluding hydrogens is 368 g/mol. The van der Waals surface area contributed by atoms with Crippen molar-refractivity contribution in [1.82, 2.24) is 5.32 Å². The van der Waals surface area contributed by atoms with Crippen molar-refractivity contribution in [3.8, 4) is 0 Å². The van der Waals surface area contributed by atoms with Crippen molar-refractivity contribution in [2.75, 3.05) is 6.61 Å². The third kappa shape index (κ3) is 6.57. The molecule has 0 heterocycles. The second kappa shape index (κ2) is 9.20. The molecule has 1 N–H and O–H groups in total. The molecule has 0 aliphatic heterocycles. The van der Waals surface area contributed by atoms with Gasteiger partial charge in [0.2, 0.25) is 0 Å². The lowest BCUT2D eigenvalue weighted by atomic mass is 10.2. The van der Waals surface area contributed by atoms with Crippen molar-refractivity contribution in [1.29, 1.82) is 0 Å². The summed E-state index contributed by atoms with van der Waals surface area (Å²) in [6, 6.07) is 10.6. The van der Waals surface area contributed by atoms with Crippen LogP contribution in [0.1, 0.15) is 11.1 Å². The lowest BCUT2D eigenvalue weighted by molar-refractivity contribution is -0.143. The SMILES string of the molecule is O=C(COC(=O)/C=C/c1cccc(F)c1)NCc1ccc(Cl)cc1Cl. The molecule has 0 atom stereocenters. The number of nitrogens with one attached hydrogen (secondary N) is 1. The van der Waals surface area contributed by atoms with E-state index in [2.05, 4.69) is 5.32 Å². The Hall–Kier alpha value is -2.37. The van der Waals surface area contributed by atoms with Crippen molar-refractivity contribution in [3.63, 3.8) is 0 Å². The number of carbonyl (C=O) groups excluding carboxylic acids is 2. The molecule has 0 fully saturated rings. The van der Waals surface area contributed by atoms with E-state index in [-0.39, 0.29) is 6.54 Å². The van der Waals surface area contributed by atoms with Crippen LogP contribution in [0.3, 0.4) is 0 Å². The van der Waals surface area contributed by atoms with Gasteiger partial charge in [0, 0.05) is 22.7 Å². The fourth-order valence-corrected chi connectivity index (χ4v) is 2.34. The molecule has 0 saturated carbocycles. The third-order valence-electron chi connectivity index (χ3n) is 3.10. The highest BCUT2D eigenvalue weighted by Gasteiger charge is 2.07. The van der Waals surface area contributed by atoms with Crippen molar-refractivity contribution in [2.24, 2.45) is 0 Å². The van der Waals surface area contributed by atoms with Gasteiger partial charge in [-0.15, -0.1) is 0 Å². The molecule has 0 unspecified atom stereocenters. The summed E-state index contributed by atoms with van der Waals surface area (Å²) >= 11 is 11.8. The van der Waals surface area contributed by atoms with Crippen LogP contribution < -0.4 is 5.32 Å². The smallest absolute Gasteiger partial charge is 0.331 e. The Morgan fingerprint density at radius 3 is 2.68 bits per heavy atom. The maximum Gasteiger partial charge on any atom is 0.331 e. The quantitative estimate of drug-likeness (QED) is 0.607. The number of benzene rings is 2. The van der Waals surface area contributed by atoms with Gasteiger partial charge in [-0.1, -0.05) is 41.4 Å². The minimum Gasteiger partial charge on any atom is -0.452 e. The van der Waals surface area contributed by atoms with Gasteiger partial charge < -0.3 is 10.1 Å². The topological polar surface area (TPSA) is 55.4 Å². The first-order chi connectivity index (χ1) is 11.9. The van der Waals surface area contributed by atoms with E-state index in [1.807, 2.05) is 0 Å². The molecule has 0 radical (unpaired) electrons. The van der Waals surface area contributed by atoms with E-state index < -0.39 is 24.3 Å². The zero-order chi connectivity index (χ0) is 18.2. The molecule has 7 heteroatoms. The standard InChI is InChI=1S/C18H14Cl2FNO3/c19-14-6-5-13(16(20)9-14)10-22-17(23)11-25-18(24)7-4-12-2-1-3-15(21)8-12/h1-9H,10-11H2,(H,22,23)/b7-4+. The zero-order valence-corrected chi connectivity index (χ0v) is 14.5. The maximum atomic E-state index is 13.0. The van der Waals surface area contributed by atoms with Crippen molar-refractivity contribution >= 4 is 41.2 Å². The molecule has 2 rings (SSSR count). The number of ether oxygens (including phenoxy) is 1. The van der Waals surface area contributed by atoms with Crippen LogP contribution in [0.2, 0.25) is 10.0 Å². The summed E-state index contributed by atoms with van der Waals surface area (Å²) in [5.41, 5.74) is 1.20. The highest BCUT2D eigenvalue weighted by molar-refractivity contribution is 6.35. The number of hydrogen-bond donors (Lipinski definition) is 1. The average Bonchev–Trinajstić information content (AvgIpc) is 2.57. The summed E-state index contributed by atoms with van der Waals surface area (Å²) in [5.74, 6) is -1.58. The van der Waals surface area contributed by atoms with Crippen LogP contribution in [0.4, 0.5) is 4.39 Å². The molecule has 2 aromatic rings. The Kier molecular flexibility index (Phi) is 6.98. The molecule has 25 heavy (non-hydrogen) atoms. The van der Waals surface area contributed by atoms with Gasteiger partial charge in [-0.05, 0) is 41.5 Å². The van der Waals surface area contributed by atoms with E-state index in [4.69, 9.17) is 27.9 Å². The van der Waals surface area contributed by atoms with E-state index in [1.165, 1.54) is 24.3 Å². The normalized spacial score (nSPS) is 10.7. The fraction of sp³-hybridized carbons (Fsp3) is 0.111. The molecule has 0 saturated heterocycles. The second-order valence-corrected chi connectivity index (χ2v) is 5.85. The summed E-state index contributed by atoms with van der Waals surface area (Å²) in [6.45, 7) is -0.247. The molecule has 2 aromatic carbocycles. The number of carbonyl (C=O) groups is 2. The summed E-state index contributed by atoms with van der Waals surface area (Å²) in [4.78, 5) is 23.2. The highest BCUT2D eigenvalue weighted by atomic mass is 35.5. The summed E-state index contributed by atoms with van der Waals surface area (Å²) in [6.07, 6.45) is 2.52. The van der Waals surface area contributed by atoms with Crippen molar-refractivity contribution in [2.45, 2.75) is 6.54 Å². The van der Waals surface area contributed by atoms with Gasteiger partial charge in [-0.3, -0.25) is 4.79 Å². The fourth-order valence-electron chi connectivity index (χ4n) is 1.87. The van der Waals surface area contributed by atoms with Crippen molar-refractivity contribution in [3.05, 3.63) is 75.5 Å². The summed E-state index contributed by atoms with van der Waals surface area (Å²) in [5, 5.41) is 3.51. The molecule has 130 valence electrons. The number of halogens is 3. The van der Waals surface area contributed by atoms with Crippen LogP contribution in [0, 0.1) is 5.82 Å². The maximum absolute atomic E-state index is 13.0. The first-order valence-electron chi connectivity index (χ1n) is 7.25. The predicted octanol–water partition coefficient (Wildman–Crippen LogP) is 4.01. The van der Waals surface area contributed by atoms with Crippen LogP contribution in [0.25, 0.3) is 6.08 Å². The van der Waals surface area contributed by atoms with Crippen LogP contribution in [0.15, 0.2) is 48.5 Å². The molecule has 0 aliphatic rings. The van der Waals surface area contributed by atoms with Crippen LogP contribution in [0.5, 0.6) is 0 Å². The molecule has 0 aromatic heterocycles. The van der Waals surface area contributed by atoms with Gasteiger partial charge >= 0.3 is 5.97 Å². The first kappa shape index (κ1) is 19.0. The molecule has 4 nitrogen and oxygen atoms in total. The predicted molar refractivity (Wildman–Crippen MR) is 94.7 cm³/mol. The van der Waals surface area contributed by atoms with Crippen LogP contribution in [-0.2, 0) is 20.9 Å². The van der Waals surface area contributed by atoms with Gasteiger partial charge in [0.15, 0.2) is 6.61 Å². The number of amides is 1. The second-order valence-electron chi connectivity index (χ2n) is 5.01. The molecule has 1 amide bonds. The van der Waals surface area contributed by atoms with E-state index >= 15 is 0 Å². The minimum atomic E-state index is -0.705. The number of rotatable bonds is 6. The van der Waals surface area contributed by atoms with E-state index in [0.717, 1.165) is 6.08 Å².